The summed E-state index contributed by atoms with van der Waals surface area (Å²) < 4.78 is 1.87. The zero-order valence-corrected chi connectivity index (χ0v) is 8.16. The summed E-state index contributed by atoms with van der Waals surface area (Å²) in [7, 11) is 0. The molecule has 11 heavy (non-hydrogen) atoms. The molecule has 62 valence electrons. The van der Waals surface area contributed by atoms with Crippen LogP contribution in [-0.2, 0) is 6.54 Å². The van der Waals surface area contributed by atoms with Crippen LogP contribution in [0.15, 0.2) is 12.7 Å². The topological polar surface area (TPSA) is 30.7 Å². The van der Waals surface area contributed by atoms with E-state index < -0.39 is 0 Å². The van der Waals surface area contributed by atoms with Crippen molar-refractivity contribution in [3.05, 3.63) is 12.7 Å². The normalized spacial score (nSPS) is 13.3. The van der Waals surface area contributed by atoms with E-state index in [4.69, 9.17) is 0 Å². The van der Waals surface area contributed by atoms with E-state index in [2.05, 4.69) is 32.9 Å². The van der Waals surface area contributed by atoms with Crippen LogP contribution in [0.5, 0.6) is 0 Å². The highest BCUT2D eigenvalue weighted by Gasteiger charge is 2.04. The molecule has 0 saturated heterocycles. The lowest BCUT2D eigenvalue weighted by atomic mass is 10.1. The molecule has 0 spiro atoms. The lowest BCUT2D eigenvalue weighted by Crippen LogP contribution is -2.11. The van der Waals surface area contributed by atoms with Gasteiger partial charge in [-0.1, -0.05) is 29.3 Å². The summed E-state index contributed by atoms with van der Waals surface area (Å²) in [5, 5.41) is 5.07. The minimum atomic E-state index is 0.664. The molecule has 0 aliphatic carbocycles. The van der Waals surface area contributed by atoms with Crippen molar-refractivity contribution in [2.45, 2.75) is 19.9 Å². The Bertz CT molecular complexity index is 182. The van der Waals surface area contributed by atoms with Crippen molar-refractivity contribution in [3.8, 4) is 0 Å². The Morgan fingerprint density at radius 1 is 1.64 bits per heavy atom. The van der Waals surface area contributed by atoms with Gasteiger partial charge in [0.25, 0.3) is 0 Å². The van der Waals surface area contributed by atoms with Gasteiger partial charge in [-0.05, 0) is 5.92 Å². The van der Waals surface area contributed by atoms with Crippen LogP contribution in [-0.4, -0.2) is 20.1 Å². The van der Waals surface area contributed by atoms with Gasteiger partial charge in [0.1, 0.15) is 12.7 Å². The van der Waals surface area contributed by atoms with Gasteiger partial charge in [-0.2, -0.15) is 5.10 Å². The average molecular weight is 218 g/mol. The lowest BCUT2D eigenvalue weighted by Gasteiger charge is -2.09. The number of rotatable bonds is 4. The van der Waals surface area contributed by atoms with E-state index in [0.717, 1.165) is 11.9 Å². The van der Waals surface area contributed by atoms with Crippen molar-refractivity contribution in [1.82, 2.24) is 14.8 Å². The van der Waals surface area contributed by atoms with Crippen molar-refractivity contribution >= 4 is 15.9 Å². The summed E-state index contributed by atoms with van der Waals surface area (Å²) in [5.74, 6) is 0.664. The van der Waals surface area contributed by atoms with Gasteiger partial charge in [0.15, 0.2) is 0 Å². The van der Waals surface area contributed by atoms with Crippen LogP contribution in [0, 0.1) is 5.92 Å². The van der Waals surface area contributed by atoms with Crippen molar-refractivity contribution in [2.24, 2.45) is 5.92 Å². The molecule has 1 aromatic rings. The van der Waals surface area contributed by atoms with Gasteiger partial charge in [-0.3, -0.25) is 4.68 Å². The molecule has 0 N–H and O–H groups in total. The Hall–Kier alpha value is -0.380. The number of alkyl halides is 1. The first kappa shape index (κ1) is 8.71. The standard InChI is InChI=1S/C7H12BrN3/c1-2-7(3-8)4-11-6-9-5-10-11/h5-7H,2-4H2,1H3. The van der Waals surface area contributed by atoms with E-state index in [9.17, 15) is 0 Å². The van der Waals surface area contributed by atoms with Crippen LogP contribution in [0.3, 0.4) is 0 Å². The molecular weight excluding hydrogens is 206 g/mol. The molecule has 0 aliphatic heterocycles. The minimum Gasteiger partial charge on any atom is -0.253 e. The van der Waals surface area contributed by atoms with Gasteiger partial charge in [-0.15, -0.1) is 0 Å². The van der Waals surface area contributed by atoms with Crippen molar-refractivity contribution in [1.29, 1.82) is 0 Å². The fraction of sp³-hybridized carbons (Fsp3) is 0.714. The summed E-state index contributed by atoms with van der Waals surface area (Å²) in [5.41, 5.74) is 0. The number of nitrogens with zero attached hydrogens (tertiary/aromatic N) is 3. The Kier molecular flexibility index (Phi) is 3.56. The zero-order valence-electron chi connectivity index (χ0n) is 6.57. The summed E-state index contributed by atoms with van der Waals surface area (Å²) in [4.78, 5) is 3.88. The van der Waals surface area contributed by atoms with Gasteiger partial charge in [-0.25, -0.2) is 4.98 Å². The number of hydrogen-bond acceptors (Lipinski definition) is 2. The fourth-order valence-electron chi connectivity index (χ4n) is 0.879. The van der Waals surface area contributed by atoms with Crippen LogP contribution >= 0.6 is 15.9 Å². The van der Waals surface area contributed by atoms with Crippen molar-refractivity contribution in [3.63, 3.8) is 0 Å². The number of hydrogen-bond donors (Lipinski definition) is 0. The highest BCUT2D eigenvalue weighted by atomic mass is 79.9. The van der Waals surface area contributed by atoms with Crippen LogP contribution in [0.25, 0.3) is 0 Å². The van der Waals surface area contributed by atoms with Gasteiger partial charge in [0.05, 0.1) is 0 Å². The first-order chi connectivity index (χ1) is 5.36. The number of aromatic nitrogens is 3. The molecule has 0 fully saturated rings. The Labute approximate surface area is 75.0 Å². The third-order valence-corrected chi connectivity index (χ3v) is 2.62. The number of halogens is 1. The molecule has 1 rings (SSSR count). The maximum absolute atomic E-state index is 4.04. The molecule has 1 heterocycles. The maximum atomic E-state index is 4.04. The molecule has 1 aromatic heterocycles. The fourth-order valence-corrected chi connectivity index (χ4v) is 1.54. The second-order valence-corrected chi connectivity index (χ2v) is 3.19. The Morgan fingerprint density at radius 2 is 2.45 bits per heavy atom. The van der Waals surface area contributed by atoms with Crippen LogP contribution in [0.4, 0.5) is 0 Å². The van der Waals surface area contributed by atoms with E-state index in [-0.39, 0.29) is 0 Å². The van der Waals surface area contributed by atoms with Crippen LogP contribution in [0.1, 0.15) is 13.3 Å². The maximum Gasteiger partial charge on any atom is 0.137 e. The van der Waals surface area contributed by atoms with Crippen molar-refractivity contribution in [2.75, 3.05) is 5.33 Å². The molecular formula is C7H12BrN3. The second-order valence-electron chi connectivity index (χ2n) is 2.55. The predicted octanol–water partition coefficient (Wildman–Crippen LogP) is 1.70. The van der Waals surface area contributed by atoms with Crippen LogP contribution in [0.2, 0.25) is 0 Å². The molecule has 4 heteroatoms. The largest absolute Gasteiger partial charge is 0.253 e. The Morgan fingerprint density at radius 3 is 2.91 bits per heavy atom. The molecule has 0 radical (unpaired) electrons. The third-order valence-electron chi connectivity index (χ3n) is 1.71. The van der Waals surface area contributed by atoms with Crippen molar-refractivity contribution < 1.29 is 0 Å². The highest BCUT2D eigenvalue weighted by molar-refractivity contribution is 9.09. The Balaban J connectivity index is 2.41. The zero-order chi connectivity index (χ0) is 8.10. The SMILES string of the molecule is CCC(CBr)Cn1cncn1. The monoisotopic (exact) mass is 217 g/mol. The quantitative estimate of drug-likeness (QED) is 0.720. The predicted molar refractivity (Wildman–Crippen MR) is 47.6 cm³/mol. The smallest absolute Gasteiger partial charge is 0.137 e. The second kappa shape index (κ2) is 4.49. The first-order valence-electron chi connectivity index (χ1n) is 3.75. The van der Waals surface area contributed by atoms with Gasteiger partial charge < -0.3 is 0 Å². The van der Waals surface area contributed by atoms with E-state index in [0.29, 0.717) is 5.92 Å². The first-order valence-corrected chi connectivity index (χ1v) is 4.87. The van der Waals surface area contributed by atoms with E-state index in [1.165, 1.54) is 6.42 Å². The van der Waals surface area contributed by atoms with Crippen LogP contribution < -0.4 is 0 Å². The molecule has 1 atom stereocenters. The van der Waals surface area contributed by atoms with Gasteiger partial charge >= 0.3 is 0 Å². The lowest BCUT2D eigenvalue weighted by molar-refractivity contribution is 0.447. The van der Waals surface area contributed by atoms with E-state index >= 15 is 0 Å². The molecule has 0 bridgehead atoms. The molecule has 0 saturated carbocycles. The molecule has 0 aromatic carbocycles. The molecule has 0 amide bonds. The summed E-state index contributed by atoms with van der Waals surface area (Å²) in [6, 6.07) is 0. The van der Waals surface area contributed by atoms with Gasteiger partial charge in [0, 0.05) is 11.9 Å². The summed E-state index contributed by atoms with van der Waals surface area (Å²) in [6.45, 7) is 3.14. The van der Waals surface area contributed by atoms with E-state index in [1.54, 1.807) is 12.7 Å². The average Bonchev–Trinajstić information content (AvgIpc) is 2.52. The third kappa shape index (κ3) is 2.61. The molecule has 1 unspecified atom stereocenters. The summed E-state index contributed by atoms with van der Waals surface area (Å²) >= 11 is 3.46. The minimum absolute atomic E-state index is 0.664. The van der Waals surface area contributed by atoms with Gasteiger partial charge in [0.2, 0.25) is 0 Å². The highest BCUT2D eigenvalue weighted by Crippen LogP contribution is 2.08. The molecule has 3 nitrogen and oxygen atoms in total. The van der Waals surface area contributed by atoms with E-state index in [1.807, 2.05) is 4.68 Å². The summed E-state index contributed by atoms with van der Waals surface area (Å²) in [6.07, 6.45) is 4.50. The molecule has 0 aliphatic rings.